The Balaban J connectivity index is 4.28. The molecule has 0 bridgehead atoms. The Labute approximate surface area is 361 Å². The van der Waals surface area contributed by atoms with Crippen LogP contribution >= 0.6 is 0 Å². The van der Waals surface area contributed by atoms with Gasteiger partial charge in [0, 0.05) is 19.3 Å². The van der Waals surface area contributed by atoms with E-state index in [0.717, 1.165) is 69.6 Å². The first kappa shape index (κ1) is 56.4. The minimum absolute atomic E-state index is 0.0640. The molecular weight excluding hydrogens is 721 g/mol. The molecule has 0 aromatic heterocycles. The molecule has 0 spiro atoms. The zero-order chi connectivity index (χ0) is 42.6. The van der Waals surface area contributed by atoms with Crippen LogP contribution in [0.3, 0.4) is 0 Å². The summed E-state index contributed by atoms with van der Waals surface area (Å²) in [6.07, 6.45) is 45.1. The molecule has 0 N–H and O–H groups in total. The van der Waals surface area contributed by atoms with Crippen molar-refractivity contribution in [3.63, 3.8) is 0 Å². The van der Waals surface area contributed by atoms with E-state index in [0.29, 0.717) is 19.3 Å². The van der Waals surface area contributed by atoms with E-state index >= 15 is 0 Å². The minimum atomic E-state index is -0.761. The fourth-order valence-corrected chi connectivity index (χ4v) is 7.78. The molecule has 0 saturated carbocycles. The molecule has 0 radical (unpaired) electrons. The number of rotatable bonds is 46. The summed E-state index contributed by atoms with van der Waals surface area (Å²) >= 11 is 0. The van der Waals surface area contributed by atoms with Gasteiger partial charge < -0.3 is 14.2 Å². The average molecular weight is 821 g/mol. The second-order valence-electron chi connectivity index (χ2n) is 18.5. The van der Waals surface area contributed by atoms with Gasteiger partial charge in [-0.25, -0.2) is 0 Å². The zero-order valence-electron chi connectivity index (χ0n) is 39.7. The van der Waals surface area contributed by atoms with Gasteiger partial charge >= 0.3 is 17.9 Å². The second kappa shape index (κ2) is 44.9. The van der Waals surface area contributed by atoms with Crippen LogP contribution in [0, 0.1) is 11.8 Å². The summed E-state index contributed by atoms with van der Waals surface area (Å²) in [7, 11) is 0. The molecule has 0 aromatic carbocycles. The van der Waals surface area contributed by atoms with Crippen LogP contribution in [0.4, 0.5) is 0 Å². The van der Waals surface area contributed by atoms with Crippen LogP contribution in [0.15, 0.2) is 0 Å². The lowest BCUT2D eigenvalue weighted by molar-refractivity contribution is -0.167. The van der Waals surface area contributed by atoms with Crippen LogP contribution in [-0.4, -0.2) is 37.2 Å². The predicted molar refractivity (Wildman–Crippen MR) is 247 cm³/mol. The average Bonchev–Trinajstić information content (AvgIpc) is 3.21. The van der Waals surface area contributed by atoms with Gasteiger partial charge in [0.15, 0.2) is 6.10 Å². The summed E-state index contributed by atoms with van der Waals surface area (Å²) in [4.78, 5) is 37.9. The number of esters is 3. The second-order valence-corrected chi connectivity index (χ2v) is 18.5. The minimum Gasteiger partial charge on any atom is -0.462 e. The first-order valence-corrected chi connectivity index (χ1v) is 25.8. The van der Waals surface area contributed by atoms with Gasteiger partial charge in [-0.3, -0.25) is 14.4 Å². The van der Waals surface area contributed by atoms with Crippen molar-refractivity contribution in [2.24, 2.45) is 11.8 Å². The summed E-state index contributed by atoms with van der Waals surface area (Å²) in [6, 6.07) is 0. The lowest BCUT2D eigenvalue weighted by atomic mass is 9.99. The van der Waals surface area contributed by atoms with Crippen molar-refractivity contribution in [2.45, 2.75) is 291 Å². The van der Waals surface area contributed by atoms with Crippen LogP contribution in [0.2, 0.25) is 0 Å². The standard InChI is InChI=1S/C52H100O6/c1-6-8-9-10-11-12-22-27-32-37-42-50(53)56-45-49(46-57-51(54)43-38-33-28-24-19-20-25-30-35-40-47(3)4)58-52(55)44-39-34-29-23-18-16-14-13-15-17-21-26-31-36-41-48(5)7-2/h47-49H,6-46H2,1-5H3/t48?,49-/m0/s1. The molecule has 0 aromatic rings. The van der Waals surface area contributed by atoms with Crippen molar-refractivity contribution in [1.29, 1.82) is 0 Å². The third-order valence-electron chi connectivity index (χ3n) is 12.1. The Morgan fingerprint density at radius 2 is 0.655 bits per heavy atom. The number of unbranched alkanes of at least 4 members (excludes halogenated alkanes) is 30. The van der Waals surface area contributed by atoms with E-state index in [-0.39, 0.29) is 31.1 Å². The molecule has 0 aliphatic heterocycles. The SMILES string of the molecule is CCCCCCCCCCCCC(=O)OC[C@@H](COC(=O)CCCCCCCCCCCC(C)C)OC(=O)CCCCCCCCCCCCCCCCC(C)CC. The monoisotopic (exact) mass is 821 g/mol. The highest BCUT2D eigenvalue weighted by molar-refractivity contribution is 5.71. The van der Waals surface area contributed by atoms with Gasteiger partial charge in [-0.05, 0) is 31.1 Å². The van der Waals surface area contributed by atoms with E-state index in [9.17, 15) is 14.4 Å². The van der Waals surface area contributed by atoms with Crippen molar-refractivity contribution in [3.8, 4) is 0 Å². The Bertz CT molecular complexity index is 887. The molecule has 0 fully saturated rings. The number of hydrogen-bond acceptors (Lipinski definition) is 6. The molecule has 0 heterocycles. The Kier molecular flexibility index (Phi) is 43.7. The van der Waals surface area contributed by atoms with Crippen LogP contribution in [0.5, 0.6) is 0 Å². The molecule has 1 unspecified atom stereocenters. The van der Waals surface area contributed by atoms with Crippen molar-refractivity contribution in [1.82, 2.24) is 0 Å². The molecule has 0 rings (SSSR count). The highest BCUT2D eigenvalue weighted by Gasteiger charge is 2.19. The highest BCUT2D eigenvalue weighted by atomic mass is 16.6. The number of hydrogen-bond donors (Lipinski definition) is 0. The van der Waals surface area contributed by atoms with E-state index in [1.54, 1.807) is 0 Å². The summed E-state index contributed by atoms with van der Waals surface area (Å²) < 4.78 is 16.8. The van der Waals surface area contributed by atoms with Gasteiger partial charge in [0.1, 0.15) is 13.2 Å². The lowest BCUT2D eigenvalue weighted by Gasteiger charge is -2.18. The van der Waals surface area contributed by atoms with Crippen molar-refractivity contribution in [2.75, 3.05) is 13.2 Å². The topological polar surface area (TPSA) is 78.9 Å². The van der Waals surface area contributed by atoms with Gasteiger partial charge in [0.05, 0.1) is 0 Å². The Hall–Kier alpha value is -1.59. The third kappa shape index (κ3) is 44.0. The molecule has 0 amide bonds. The lowest BCUT2D eigenvalue weighted by Crippen LogP contribution is -2.30. The summed E-state index contributed by atoms with van der Waals surface area (Å²) in [5, 5.41) is 0. The largest absolute Gasteiger partial charge is 0.462 e. The van der Waals surface area contributed by atoms with Crippen molar-refractivity contribution in [3.05, 3.63) is 0 Å². The van der Waals surface area contributed by atoms with Crippen molar-refractivity contribution >= 4 is 17.9 Å². The summed E-state index contributed by atoms with van der Waals surface area (Å²) in [5.74, 6) is 0.852. The predicted octanol–water partition coefficient (Wildman–Crippen LogP) is 16.5. The molecule has 0 aliphatic carbocycles. The van der Waals surface area contributed by atoms with E-state index in [1.807, 2.05) is 0 Å². The van der Waals surface area contributed by atoms with E-state index in [4.69, 9.17) is 14.2 Å². The van der Waals surface area contributed by atoms with Gasteiger partial charge in [0.2, 0.25) is 0 Å². The molecule has 2 atom stereocenters. The first-order valence-electron chi connectivity index (χ1n) is 25.8. The number of carbonyl (C=O) groups excluding carboxylic acids is 3. The number of ether oxygens (including phenoxy) is 3. The summed E-state index contributed by atoms with van der Waals surface area (Å²) in [5.41, 5.74) is 0. The normalized spacial score (nSPS) is 12.5. The van der Waals surface area contributed by atoms with E-state index < -0.39 is 6.10 Å². The van der Waals surface area contributed by atoms with E-state index in [1.165, 1.54) is 173 Å². The quantitative estimate of drug-likeness (QED) is 0.0346. The fraction of sp³-hybridized carbons (Fsp3) is 0.942. The fourth-order valence-electron chi connectivity index (χ4n) is 7.78. The van der Waals surface area contributed by atoms with Crippen LogP contribution < -0.4 is 0 Å². The van der Waals surface area contributed by atoms with Crippen molar-refractivity contribution < 1.29 is 28.6 Å². The Morgan fingerprint density at radius 3 is 0.983 bits per heavy atom. The summed E-state index contributed by atoms with van der Waals surface area (Å²) in [6.45, 7) is 11.4. The molecule has 0 aliphatic rings. The third-order valence-corrected chi connectivity index (χ3v) is 12.1. The molecule has 6 heteroatoms. The van der Waals surface area contributed by atoms with Gasteiger partial charge in [0.25, 0.3) is 0 Å². The highest BCUT2D eigenvalue weighted by Crippen LogP contribution is 2.18. The molecule has 344 valence electrons. The van der Waals surface area contributed by atoms with Gasteiger partial charge in [-0.1, -0.05) is 247 Å². The maximum atomic E-state index is 12.8. The molecule has 0 saturated heterocycles. The number of carbonyl (C=O) groups is 3. The maximum absolute atomic E-state index is 12.8. The smallest absolute Gasteiger partial charge is 0.306 e. The molecular formula is C52H100O6. The van der Waals surface area contributed by atoms with Gasteiger partial charge in [-0.15, -0.1) is 0 Å². The zero-order valence-corrected chi connectivity index (χ0v) is 39.7. The maximum Gasteiger partial charge on any atom is 0.306 e. The van der Waals surface area contributed by atoms with Crippen LogP contribution in [0.1, 0.15) is 285 Å². The molecule has 58 heavy (non-hydrogen) atoms. The first-order chi connectivity index (χ1) is 28.3. The molecule has 6 nitrogen and oxygen atoms in total. The Morgan fingerprint density at radius 1 is 0.362 bits per heavy atom. The van der Waals surface area contributed by atoms with Crippen LogP contribution in [-0.2, 0) is 28.6 Å². The van der Waals surface area contributed by atoms with E-state index in [2.05, 4.69) is 34.6 Å². The van der Waals surface area contributed by atoms with Crippen LogP contribution in [0.25, 0.3) is 0 Å². The van der Waals surface area contributed by atoms with Gasteiger partial charge in [-0.2, -0.15) is 0 Å².